The van der Waals surface area contributed by atoms with Gasteiger partial charge < -0.3 is 5.11 Å². The molecule has 1 atom stereocenters. The van der Waals surface area contributed by atoms with Gasteiger partial charge in [-0.3, -0.25) is 9.00 Å². The number of aliphatic carboxylic acids is 1. The molecule has 0 aliphatic rings. The number of carboxylic acids is 1. The Morgan fingerprint density at radius 3 is 2.14 bits per heavy atom. The molecule has 6 heteroatoms. The van der Waals surface area contributed by atoms with Crippen molar-refractivity contribution in [2.75, 3.05) is 0 Å². The predicted molar refractivity (Wildman–Crippen MR) is 84.4 cm³/mol. The van der Waals surface area contributed by atoms with Gasteiger partial charge in [-0.05, 0) is 29.8 Å². The second kappa shape index (κ2) is 7.07. The van der Waals surface area contributed by atoms with Crippen LogP contribution in [0, 0.1) is 0 Å². The molecule has 0 saturated heterocycles. The minimum absolute atomic E-state index is 0.0523. The summed E-state index contributed by atoms with van der Waals surface area (Å²) < 4.78 is 12.3. The van der Waals surface area contributed by atoms with E-state index in [0.29, 0.717) is 26.1 Å². The van der Waals surface area contributed by atoms with Crippen LogP contribution in [-0.2, 0) is 27.8 Å². The molecule has 0 fully saturated rings. The Morgan fingerprint density at radius 2 is 1.62 bits per heavy atom. The summed E-state index contributed by atoms with van der Waals surface area (Å²) in [5.41, 5.74) is 1.31. The highest BCUT2D eigenvalue weighted by molar-refractivity contribution is 7.84. The van der Waals surface area contributed by atoms with Crippen molar-refractivity contribution in [2.45, 2.75) is 17.1 Å². The van der Waals surface area contributed by atoms with Gasteiger partial charge in [0.15, 0.2) is 0 Å². The number of carboxylic acid groups (broad SMARTS) is 1. The third-order valence-electron chi connectivity index (χ3n) is 2.88. The van der Waals surface area contributed by atoms with Crippen molar-refractivity contribution in [3.8, 4) is 0 Å². The molecule has 110 valence electrons. The molecule has 2 aromatic carbocycles. The van der Waals surface area contributed by atoms with Gasteiger partial charge in [-0.15, -0.1) is 0 Å². The number of halogens is 2. The molecule has 0 radical (unpaired) electrons. The fourth-order valence-electron chi connectivity index (χ4n) is 1.82. The van der Waals surface area contributed by atoms with Crippen molar-refractivity contribution < 1.29 is 14.1 Å². The quantitative estimate of drug-likeness (QED) is 0.895. The average Bonchev–Trinajstić information content (AvgIpc) is 2.43. The van der Waals surface area contributed by atoms with Crippen LogP contribution in [0.15, 0.2) is 47.4 Å². The lowest BCUT2D eigenvalue weighted by molar-refractivity contribution is -0.136. The number of benzene rings is 2. The number of rotatable bonds is 5. The van der Waals surface area contributed by atoms with E-state index in [1.54, 1.807) is 42.5 Å². The Bertz CT molecular complexity index is 664. The van der Waals surface area contributed by atoms with Crippen LogP contribution in [0.4, 0.5) is 0 Å². The largest absolute Gasteiger partial charge is 0.481 e. The van der Waals surface area contributed by atoms with Gasteiger partial charge in [0.2, 0.25) is 0 Å². The minimum Gasteiger partial charge on any atom is -0.481 e. The molecule has 0 bridgehead atoms. The molecule has 0 spiro atoms. The van der Waals surface area contributed by atoms with Crippen LogP contribution in [0.1, 0.15) is 11.1 Å². The second-order valence-corrected chi connectivity index (χ2v) is 6.67. The summed E-state index contributed by atoms with van der Waals surface area (Å²) in [6.07, 6.45) is -0.0523. The van der Waals surface area contributed by atoms with E-state index < -0.39 is 16.8 Å². The normalized spacial score (nSPS) is 12.1. The monoisotopic (exact) mass is 342 g/mol. The highest BCUT2D eigenvalue weighted by Crippen LogP contribution is 2.27. The molecule has 3 nitrogen and oxygen atoms in total. The molecular formula is C15H12Cl2O3S. The molecule has 1 N–H and O–H groups in total. The standard InChI is InChI=1S/C15H12Cl2O3S/c16-13-2-1-3-14(17)12(13)9-21(20)11-6-4-10(5-7-11)8-15(18)19/h1-7H,8-9H2,(H,18,19). The summed E-state index contributed by atoms with van der Waals surface area (Å²) in [6.45, 7) is 0. The van der Waals surface area contributed by atoms with E-state index in [-0.39, 0.29) is 12.2 Å². The zero-order chi connectivity index (χ0) is 15.4. The summed E-state index contributed by atoms with van der Waals surface area (Å²) in [5.74, 6) is -0.678. The molecular weight excluding hydrogens is 331 g/mol. The fourth-order valence-corrected chi connectivity index (χ4v) is 3.69. The van der Waals surface area contributed by atoms with Crippen LogP contribution in [0.2, 0.25) is 10.0 Å². The number of hydrogen-bond donors (Lipinski definition) is 1. The lowest BCUT2D eigenvalue weighted by Gasteiger charge is -2.07. The van der Waals surface area contributed by atoms with E-state index in [1.165, 1.54) is 0 Å². The first-order chi connectivity index (χ1) is 9.97. The molecule has 2 aromatic rings. The van der Waals surface area contributed by atoms with Crippen molar-refractivity contribution in [2.24, 2.45) is 0 Å². The smallest absolute Gasteiger partial charge is 0.307 e. The van der Waals surface area contributed by atoms with Gasteiger partial charge in [-0.2, -0.15) is 0 Å². The Kier molecular flexibility index (Phi) is 5.39. The summed E-state index contributed by atoms with van der Waals surface area (Å²) in [5, 5.41) is 9.68. The van der Waals surface area contributed by atoms with Gasteiger partial charge in [-0.1, -0.05) is 41.4 Å². The lowest BCUT2D eigenvalue weighted by Crippen LogP contribution is -2.01. The van der Waals surface area contributed by atoms with Gasteiger partial charge >= 0.3 is 5.97 Å². The van der Waals surface area contributed by atoms with Crippen LogP contribution in [0.3, 0.4) is 0 Å². The minimum atomic E-state index is -1.29. The molecule has 0 aromatic heterocycles. The highest BCUT2D eigenvalue weighted by atomic mass is 35.5. The van der Waals surface area contributed by atoms with Crippen molar-refractivity contribution in [1.82, 2.24) is 0 Å². The van der Waals surface area contributed by atoms with E-state index in [9.17, 15) is 9.00 Å². The van der Waals surface area contributed by atoms with Crippen molar-refractivity contribution >= 4 is 40.0 Å². The molecule has 0 aliphatic heterocycles. The van der Waals surface area contributed by atoms with Crippen LogP contribution in [0.25, 0.3) is 0 Å². The first kappa shape index (κ1) is 16.0. The Hall–Kier alpha value is -1.36. The topological polar surface area (TPSA) is 54.4 Å². The number of carbonyl (C=O) groups is 1. The molecule has 0 amide bonds. The first-order valence-corrected chi connectivity index (χ1v) is 8.17. The Morgan fingerprint density at radius 1 is 1.05 bits per heavy atom. The predicted octanol–water partition coefficient (Wildman–Crippen LogP) is 3.93. The fraction of sp³-hybridized carbons (Fsp3) is 0.133. The maximum absolute atomic E-state index is 12.3. The maximum Gasteiger partial charge on any atom is 0.307 e. The van der Waals surface area contributed by atoms with E-state index in [1.807, 2.05) is 0 Å². The summed E-state index contributed by atoms with van der Waals surface area (Å²) in [6, 6.07) is 11.8. The van der Waals surface area contributed by atoms with Gasteiger partial charge in [0.1, 0.15) is 0 Å². The van der Waals surface area contributed by atoms with Gasteiger partial charge in [0, 0.05) is 20.5 Å². The van der Waals surface area contributed by atoms with Crippen LogP contribution in [-0.4, -0.2) is 15.3 Å². The van der Waals surface area contributed by atoms with Crippen LogP contribution >= 0.6 is 23.2 Å². The zero-order valence-electron chi connectivity index (χ0n) is 10.9. The average molecular weight is 343 g/mol. The first-order valence-electron chi connectivity index (χ1n) is 6.09. The van der Waals surface area contributed by atoms with Crippen LogP contribution in [0.5, 0.6) is 0 Å². The summed E-state index contributed by atoms with van der Waals surface area (Å²) in [4.78, 5) is 11.2. The molecule has 0 heterocycles. The van der Waals surface area contributed by atoms with Gasteiger partial charge in [-0.25, -0.2) is 0 Å². The van der Waals surface area contributed by atoms with E-state index in [2.05, 4.69) is 0 Å². The molecule has 0 aliphatic carbocycles. The maximum atomic E-state index is 12.3. The number of hydrogen-bond acceptors (Lipinski definition) is 2. The molecule has 21 heavy (non-hydrogen) atoms. The van der Waals surface area contributed by atoms with Crippen molar-refractivity contribution in [3.63, 3.8) is 0 Å². The Labute approximate surface area is 135 Å². The van der Waals surface area contributed by atoms with Gasteiger partial charge in [0.05, 0.1) is 23.0 Å². The molecule has 0 saturated carbocycles. The molecule has 2 rings (SSSR count). The third-order valence-corrected chi connectivity index (χ3v) is 4.94. The van der Waals surface area contributed by atoms with E-state index >= 15 is 0 Å². The second-order valence-electron chi connectivity index (χ2n) is 4.40. The SMILES string of the molecule is O=C(O)Cc1ccc(S(=O)Cc2c(Cl)cccc2Cl)cc1. The lowest BCUT2D eigenvalue weighted by atomic mass is 10.2. The summed E-state index contributed by atoms with van der Waals surface area (Å²) >= 11 is 12.1. The van der Waals surface area contributed by atoms with Crippen molar-refractivity contribution in [3.05, 3.63) is 63.6 Å². The van der Waals surface area contributed by atoms with E-state index in [4.69, 9.17) is 28.3 Å². The highest BCUT2D eigenvalue weighted by Gasteiger charge is 2.11. The van der Waals surface area contributed by atoms with E-state index in [0.717, 1.165) is 0 Å². The third kappa shape index (κ3) is 4.30. The summed E-state index contributed by atoms with van der Waals surface area (Å²) in [7, 11) is -1.29. The van der Waals surface area contributed by atoms with Gasteiger partial charge in [0.25, 0.3) is 0 Å². The Balaban J connectivity index is 2.15. The van der Waals surface area contributed by atoms with Crippen LogP contribution < -0.4 is 0 Å². The zero-order valence-corrected chi connectivity index (χ0v) is 13.2. The molecule has 1 unspecified atom stereocenters. The van der Waals surface area contributed by atoms with Crippen molar-refractivity contribution in [1.29, 1.82) is 0 Å².